The molecule has 5 N–H and O–H groups in total. The number of carbonyl (C=O) groups is 5. The van der Waals surface area contributed by atoms with Crippen molar-refractivity contribution >= 4 is 29.9 Å². The van der Waals surface area contributed by atoms with E-state index in [0.717, 1.165) is 19.4 Å². The number of carbonyl (C=O) groups excluding carboxylic acids is 5. The van der Waals surface area contributed by atoms with Crippen LogP contribution in [0.2, 0.25) is 0 Å². The Bertz CT molecular complexity index is 462. The maximum absolute atomic E-state index is 11.6. The van der Waals surface area contributed by atoms with Crippen LogP contribution in [-0.4, -0.2) is 68.7 Å². The molecule has 1 aliphatic heterocycles. The number of hydrogen-bond donors (Lipinski definition) is 5. The Balaban J connectivity index is 2.10. The van der Waals surface area contributed by atoms with Crippen molar-refractivity contribution in [1.29, 1.82) is 0 Å². The third-order valence-electron chi connectivity index (χ3n) is 3.07. The molecular formula is C13H21N5O5. The Morgan fingerprint density at radius 1 is 0.913 bits per heavy atom. The van der Waals surface area contributed by atoms with E-state index in [1.165, 1.54) is 0 Å². The van der Waals surface area contributed by atoms with E-state index < -0.39 is 17.7 Å². The number of rotatable bonds is 9. The normalized spacial score (nSPS) is 16.3. The highest BCUT2D eigenvalue weighted by Gasteiger charge is 2.22. The average Bonchev–Trinajstić information content (AvgIpc) is 3.08. The van der Waals surface area contributed by atoms with Gasteiger partial charge in [0.15, 0.2) is 0 Å². The summed E-state index contributed by atoms with van der Waals surface area (Å²) in [6.07, 6.45) is 2.18. The summed E-state index contributed by atoms with van der Waals surface area (Å²) < 4.78 is 0. The van der Waals surface area contributed by atoms with Crippen molar-refractivity contribution in [2.24, 2.45) is 0 Å². The SMILES string of the molecule is O=CCNC(=O)CNC(=O)CNC(=O)CNC(=O)[C@@H]1CCCN1. The molecule has 1 atom stereocenters. The predicted molar refractivity (Wildman–Crippen MR) is 79.1 cm³/mol. The molecule has 23 heavy (non-hydrogen) atoms. The maximum Gasteiger partial charge on any atom is 0.239 e. The molecule has 4 amide bonds. The van der Waals surface area contributed by atoms with Gasteiger partial charge in [0.1, 0.15) is 6.29 Å². The van der Waals surface area contributed by atoms with Gasteiger partial charge in [-0.2, -0.15) is 0 Å². The van der Waals surface area contributed by atoms with Crippen molar-refractivity contribution in [2.45, 2.75) is 18.9 Å². The van der Waals surface area contributed by atoms with E-state index in [1.54, 1.807) is 0 Å². The number of nitrogens with one attached hydrogen (secondary N) is 5. The first kappa shape index (κ1) is 18.6. The van der Waals surface area contributed by atoms with E-state index in [4.69, 9.17) is 0 Å². The van der Waals surface area contributed by atoms with Gasteiger partial charge in [-0.05, 0) is 19.4 Å². The Kier molecular flexibility index (Phi) is 8.29. The van der Waals surface area contributed by atoms with Gasteiger partial charge in [0.2, 0.25) is 23.6 Å². The summed E-state index contributed by atoms with van der Waals surface area (Å²) in [6, 6.07) is -0.268. The van der Waals surface area contributed by atoms with Gasteiger partial charge >= 0.3 is 0 Å². The van der Waals surface area contributed by atoms with Gasteiger partial charge in [-0.15, -0.1) is 0 Å². The van der Waals surface area contributed by atoms with Crippen molar-refractivity contribution in [2.75, 3.05) is 32.7 Å². The van der Waals surface area contributed by atoms with Crippen molar-refractivity contribution in [3.8, 4) is 0 Å². The Hall–Kier alpha value is -2.49. The van der Waals surface area contributed by atoms with E-state index in [2.05, 4.69) is 26.6 Å². The lowest BCUT2D eigenvalue weighted by Gasteiger charge is -2.11. The van der Waals surface area contributed by atoms with Gasteiger partial charge in [0, 0.05) is 0 Å². The molecule has 0 saturated carbocycles. The predicted octanol–water partition coefficient (Wildman–Crippen LogP) is -3.60. The van der Waals surface area contributed by atoms with Gasteiger partial charge in [0.05, 0.1) is 32.2 Å². The Labute approximate surface area is 133 Å². The summed E-state index contributed by atoms with van der Waals surface area (Å²) in [7, 11) is 0. The Morgan fingerprint density at radius 3 is 2.00 bits per heavy atom. The highest BCUT2D eigenvalue weighted by molar-refractivity contribution is 5.91. The van der Waals surface area contributed by atoms with Crippen LogP contribution in [0.3, 0.4) is 0 Å². The molecule has 10 heteroatoms. The molecule has 0 bridgehead atoms. The molecular weight excluding hydrogens is 306 g/mol. The van der Waals surface area contributed by atoms with Gasteiger partial charge in [-0.1, -0.05) is 0 Å². The van der Waals surface area contributed by atoms with Crippen LogP contribution in [0.4, 0.5) is 0 Å². The molecule has 0 radical (unpaired) electrons. The van der Waals surface area contributed by atoms with Crippen molar-refractivity contribution in [3.05, 3.63) is 0 Å². The van der Waals surface area contributed by atoms with Crippen LogP contribution in [0.1, 0.15) is 12.8 Å². The van der Waals surface area contributed by atoms with Gasteiger partial charge in [-0.3, -0.25) is 19.2 Å². The minimum Gasteiger partial charge on any atom is -0.348 e. The van der Waals surface area contributed by atoms with E-state index in [0.29, 0.717) is 6.29 Å². The zero-order chi connectivity index (χ0) is 17.1. The third-order valence-corrected chi connectivity index (χ3v) is 3.07. The number of amides is 4. The van der Waals surface area contributed by atoms with Crippen molar-refractivity contribution < 1.29 is 24.0 Å². The van der Waals surface area contributed by atoms with E-state index >= 15 is 0 Å². The lowest BCUT2D eigenvalue weighted by molar-refractivity contribution is -0.129. The zero-order valence-electron chi connectivity index (χ0n) is 12.6. The summed E-state index contributed by atoms with van der Waals surface area (Å²) in [6.45, 7) is -0.153. The molecule has 0 aromatic heterocycles. The van der Waals surface area contributed by atoms with Crippen LogP contribution in [0, 0.1) is 0 Å². The highest BCUT2D eigenvalue weighted by atomic mass is 16.2. The first-order valence-electron chi connectivity index (χ1n) is 7.27. The summed E-state index contributed by atoms with van der Waals surface area (Å²) in [5, 5.41) is 12.3. The summed E-state index contributed by atoms with van der Waals surface area (Å²) in [4.78, 5) is 55.7. The first-order chi connectivity index (χ1) is 11.0. The highest BCUT2D eigenvalue weighted by Crippen LogP contribution is 2.03. The van der Waals surface area contributed by atoms with E-state index in [9.17, 15) is 24.0 Å². The number of aldehydes is 1. The molecule has 1 aliphatic rings. The first-order valence-corrected chi connectivity index (χ1v) is 7.27. The molecule has 0 unspecified atom stereocenters. The molecule has 0 aliphatic carbocycles. The molecule has 1 rings (SSSR count). The van der Waals surface area contributed by atoms with Crippen LogP contribution < -0.4 is 26.6 Å². The fourth-order valence-corrected chi connectivity index (χ4v) is 1.90. The molecule has 0 spiro atoms. The van der Waals surface area contributed by atoms with E-state index in [-0.39, 0.29) is 38.1 Å². The van der Waals surface area contributed by atoms with Crippen LogP contribution in [0.5, 0.6) is 0 Å². The summed E-state index contributed by atoms with van der Waals surface area (Å²) >= 11 is 0. The number of hydrogen-bond acceptors (Lipinski definition) is 6. The standard InChI is InChI=1S/C13H21N5O5/c19-5-4-15-10(20)6-16-11(21)7-17-12(22)8-18-13(23)9-2-1-3-14-9/h5,9,14H,1-4,6-8H2,(H,15,20)(H,16,21)(H,17,22)(H,18,23)/t9-/m0/s1. The van der Waals surface area contributed by atoms with Crippen LogP contribution in [0.15, 0.2) is 0 Å². The quantitative estimate of drug-likeness (QED) is 0.277. The summed E-state index contributed by atoms with van der Waals surface area (Å²) in [5.74, 6) is -1.80. The minimum atomic E-state index is -0.552. The Morgan fingerprint density at radius 2 is 1.48 bits per heavy atom. The van der Waals surface area contributed by atoms with Crippen LogP contribution >= 0.6 is 0 Å². The smallest absolute Gasteiger partial charge is 0.239 e. The van der Waals surface area contributed by atoms with Gasteiger partial charge < -0.3 is 31.4 Å². The van der Waals surface area contributed by atoms with Gasteiger partial charge in [0.25, 0.3) is 0 Å². The topological polar surface area (TPSA) is 146 Å². The largest absolute Gasteiger partial charge is 0.348 e. The lowest BCUT2D eigenvalue weighted by Crippen LogP contribution is -2.47. The second kappa shape index (κ2) is 10.3. The molecule has 0 aromatic carbocycles. The van der Waals surface area contributed by atoms with Crippen LogP contribution in [0.25, 0.3) is 0 Å². The second-order valence-corrected chi connectivity index (χ2v) is 4.89. The van der Waals surface area contributed by atoms with Crippen LogP contribution in [-0.2, 0) is 24.0 Å². The molecule has 1 heterocycles. The molecule has 128 valence electrons. The minimum absolute atomic E-state index is 0.124. The lowest BCUT2D eigenvalue weighted by atomic mass is 10.2. The van der Waals surface area contributed by atoms with Gasteiger partial charge in [-0.25, -0.2) is 0 Å². The van der Waals surface area contributed by atoms with Crippen molar-refractivity contribution in [1.82, 2.24) is 26.6 Å². The van der Waals surface area contributed by atoms with Crippen molar-refractivity contribution in [3.63, 3.8) is 0 Å². The molecule has 0 aromatic rings. The zero-order valence-corrected chi connectivity index (χ0v) is 12.6. The molecule has 1 saturated heterocycles. The molecule has 10 nitrogen and oxygen atoms in total. The fraction of sp³-hybridized carbons (Fsp3) is 0.615. The molecule has 1 fully saturated rings. The average molecular weight is 327 g/mol. The summed E-state index contributed by atoms with van der Waals surface area (Å²) in [5.41, 5.74) is 0. The second-order valence-electron chi connectivity index (χ2n) is 4.89. The fourth-order valence-electron chi connectivity index (χ4n) is 1.90. The third kappa shape index (κ3) is 7.90. The monoisotopic (exact) mass is 327 g/mol. The van der Waals surface area contributed by atoms with E-state index in [1.807, 2.05) is 0 Å². The maximum atomic E-state index is 11.6.